The molecule has 2 rings (SSSR count). The molecule has 0 aliphatic heterocycles. The monoisotopic (exact) mass is 314 g/mol. The molecule has 4 heteroatoms. The molecule has 0 N–H and O–H groups in total. The van der Waals surface area contributed by atoms with E-state index in [2.05, 4.69) is 68.9 Å². The maximum atomic E-state index is 9.29. The SMILES string of the molecule is Cc1ccc(SC(=[N+]=[N-])Sc2ccc(C)cc2C)c(C)c1. The molecule has 21 heavy (non-hydrogen) atoms. The third-order valence-electron chi connectivity index (χ3n) is 3.14. The summed E-state index contributed by atoms with van der Waals surface area (Å²) >= 11 is 2.99. The van der Waals surface area contributed by atoms with Crippen LogP contribution in [0.1, 0.15) is 22.3 Å². The van der Waals surface area contributed by atoms with Crippen LogP contribution in [0.4, 0.5) is 0 Å². The quantitative estimate of drug-likeness (QED) is 0.245. The molecule has 0 atom stereocenters. The van der Waals surface area contributed by atoms with Gasteiger partial charge in [-0.15, -0.1) is 0 Å². The van der Waals surface area contributed by atoms with Gasteiger partial charge in [0.2, 0.25) is 0 Å². The van der Waals surface area contributed by atoms with Crippen LogP contribution in [0.5, 0.6) is 0 Å². The van der Waals surface area contributed by atoms with Crippen LogP contribution in [0.2, 0.25) is 0 Å². The van der Waals surface area contributed by atoms with Gasteiger partial charge < -0.3 is 5.53 Å². The van der Waals surface area contributed by atoms with Crippen molar-refractivity contribution in [1.29, 1.82) is 0 Å². The Morgan fingerprint density at radius 1 is 0.810 bits per heavy atom. The smallest absolute Gasteiger partial charge is 0.359 e. The number of hydrogen-bond donors (Lipinski definition) is 0. The Bertz CT molecular complexity index is 661. The van der Waals surface area contributed by atoms with Gasteiger partial charge in [-0.1, -0.05) is 35.4 Å². The summed E-state index contributed by atoms with van der Waals surface area (Å²) in [6.07, 6.45) is 0. The molecule has 108 valence electrons. The molecule has 0 saturated heterocycles. The molecule has 0 radical (unpaired) electrons. The van der Waals surface area contributed by atoms with E-state index in [4.69, 9.17) is 0 Å². The second-order valence-corrected chi connectivity index (χ2v) is 7.43. The van der Waals surface area contributed by atoms with E-state index < -0.39 is 0 Å². The van der Waals surface area contributed by atoms with Gasteiger partial charge in [0, 0.05) is 33.3 Å². The number of hydrogen-bond acceptors (Lipinski definition) is 2. The molecule has 2 aromatic carbocycles. The molecule has 0 bridgehead atoms. The normalized spacial score (nSPS) is 10.3. The van der Waals surface area contributed by atoms with E-state index in [1.165, 1.54) is 45.8 Å². The molecule has 0 aliphatic rings. The number of benzene rings is 2. The summed E-state index contributed by atoms with van der Waals surface area (Å²) in [5.41, 5.74) is 14.2. The minimum absolute atomic E-state index is 0.633. The van der Waals surface area contributed by atoms with Crippen molar-refractivity contribution in [2.45, 2.75) is 37.5 Å². The van der Waals surface area contributed by atoms with Crippen molar-refractivity contribution in [3.63, 3.8) is 0 Å². The zero-order chi connectivity index (χ0) is 15.4. The molecule has 2 aromatic rings. The van der Waals surface area contributed by atoms with Gasteiger partial charge in [-0.05, 0) is 51.0 Å². The second kappa shape index (κ2) is 6.99. The first kappa shape index (κ1) is 15.9. The van der Waals surface area contributed by atoms with Crippen molar-refractivity contribution >= 4 is 27.9 Å². The van der Waals surface area contributed by atoms with E-state index >= 15 is 0 Å². The molecule has 0 unspecified atom stereocenters. The molecular weight excluding hydrogens is 296 g/mol. The van der Waals surface area contributed by atoms with Crippen LogP contribution in [0.25, 0.3) is 5.53 Å². The minimum atomic E-state index is 0.633. The van der Waals surface area contributed by atoms with Gasteiger partial charge in [-0.3, -0.25) is 0 Å². The number of nitrogens with zero attached hydrogens (tertiary/aromatic N) is 2. The van der Waals surface area contributed by atoms with Gasteiger partial charge in [-0.2, -0.15) is 4.79 Å². The summed E-state index contributed by atoms with van der Waals surface area (Å²) < 4.78 is 0.633. The lowest BCUT2D eigenvalue weighted by atomic mass is 10.2. The summed E-state index contributed by atoms with van der Waals surface area (Å²) in [4.78, 5) is 5.68. The highest BCUT2D eigenvalue weighted by molar-refractivity contribution is 8.38. The van der Waals surface area contributed by atoms with Gasteiger partial charge in [0.05, 0.1) is 0 Å². The van der Waals surface area contributed by atoms with Crippen LogP contribution in [-0.2, 0) is 0 Å². The number of thioether (sulfide) groups is 2. The second-order valence-electron chi connectivity index (χ2n) is 5.11. The van der Waals surface area contributed by atoms with Crippen LogP contribution < -0.4 is 0 Å². The van der Waals surface area contributed by atoms with Gasteiger partial charge in [0.1, 0.15) is 0 Å². The predicted molar refractivity (Wildman–Crippen MR) is 92.2 cm³/mol. The summed E-state index contributed by atoms with van der Waals surface area (Å²) in [5.74, 6) is 0. The van der Waals surface area contributed by atoms with Crippen molar-refractivity contribution in [1.82, 2.24) is 0 Å². The Kier molecular flexibility index (Phi) is 5.29. The molecular formula is C17H18N2S2. The van der Waals surface area contributed by atoms with Crippen molar-refractivity contribution in [3.05, 3.63) is 64.2 Å². The fourth-order valence-corrected chi connectivity index (χ4v) is 3.95. The standard InChI is InChI=1S/C17H18N2S2/c1-11-5-7-15(13(3)9-11)20-17(19-18)21-16-8-6-12(2)10-14(16)4/h5-10H,1-4H3. The Hall–Kier alpha value is -1.48. The summed E-state index contributed by atoms with van der Waals surface area (Å²) in [7, 11) is 0. The highest BCUT2D eigenvalue weighted by Crippen LogP contribution is 2.33. The van der Waals surface area contributed by atoms with E-state index in [1.54, 1.807) is 0 Å². The molecule has 0 aromatic heterocycles. The molecule has 0 spiro atoms. The van der Waals surface area contributed by atoms with Crippen molar-refractivity contribution in [2.24, 2.45) is 0 Å². The van der Waals surface area contributed by atoms with Crippen molar-refractivity contribution in [2.75, 3.05) is 0 Å². The highest BCUT2D eigenvalue weighted by Gasteiger charge is 2.16. The van der Waals surface area contributed by atoms with Gasteiger partial charge >= 0.3 is 4.38 Å². The topological polar surface area (TPSA) is 36.4 Å². The number of rotatable bonds is 2. The summed E-state index contributed by atoms with van der Waals surface area (Å²) in [5, 5.41) is 0. The van der Waals surface area contributed by atoms with Crippen molar-refractivity contribution < 1.29 is 4.79 Å². The molecule has 0 saturated carbocycles. The maximum absolute atomic E-state index is 9.29. The van der Waals surface area contributed by atoms with Gasteiger partial charge in [-0.25, -0.2) is 0 Å². The van der Waals surface area contributed by atoms with E-state index in [1.807, 2.05) is 0 Å². The minimum Gasteiger partial charge on any atom is -0.359 e. The fourth-order valence-electron chi connectivity index (χ4n) is 2.08. The first-order chi connectivity index (χ1) is 9.99. The average Bonchev–Trinajstić information content (AvgIpc) is 2.43. The fraction of sp³-hybridized carbons (Fsp3) is 0.235. The molecule has 0 fully saturated rings. The first-order valence-electron chi connectivity index (χ1n) is 6.72. The lowest BCUT2D eigenvalue weighted by molar-refractivity contribution is 0.00551. The third kappa shape index (κ3) is 4.24. The molecule has 2 nitrogen and oxygen atoms in total. The lowest BCUT2D eigenvalue weighted by Crippen LogP contribution is -1.92. The van der Waals surface area contributed by atoms with Crippen LogP contribution >= 0.6 is 23.5 Å². The predicted octanol–water partition coefficient (Wildman–Crippen LogP) is 5.39. The van der Waals surface area contributed by atoms with E-state index in [0.29, 0.717) is 4.38 Å². The highest BCUT2D eigenvalue weighted by atomic mass is 32.2. The zero-order valence-electron chi connectivity index (χ0n) is 12.7. The van der Waals surface area contributed by atoms with E-state index in [9.17, 15) is 5.53 Å². The van der Waals surface area contributed by atoms with E-state index in [0.717, 1.165) is 9.79 Å². The Morgan fingerprint density at radius 2 is 1.24 bits per heavy atom. The molecule has 0 heterocycles. The Morgan fingerprint density at radius 3 is 1.57 bits per heavy atom. The van der Waals surface area contributed by atoms with E-state index in [-0.39, 0.29) is 0 Å². The Balaban J connectivity index is 2.19. The summed E-state index contributed by atoms with van der Waals surface area (Å²) in [6.45, 7) is 8.30. The summed E-state index contributed by atoms with van der Waals surface area (Å²) in [6, 6.07) is 12.6. The van der Waals surface area contributed by atoms with Crippen LogP contribution in [-0.4, -0.2) is 9.17 Å². The zero-order valence-corrected chi connectivity index (χ0v) is 14.3. The Labute approximate surface area is 134 Å². The largest absolute Gasteiger partial charge is 0.393 e. The third-order valence-corrected chi connectivity index (χ3v) is 5.51. The molecule has 0 amide bonds. The average molecular weight is 314 g/mol. The van der Waals surface area contributed by atoms with Gasteiger partial charge in [0.25, 0.3) is 0 Å². The maximum Gasteiger partial charge on any atom is 0.393 e. The van der Waals surface area contributed by atoms with Crippen LogP contribution in [0.15, 0.2) is 46.2 Å². The number of aryl methyl sites for hydroxylation is 4. The van der Waals surface area contributed by atoms with Crippen LogP contribution in [0, 0.1) is 27.7 Å². The van der Waals surface area contributed by atoms with Gasteiger partial charge in [0.15, 0.2) is 0 Å². The van der Waals surface area contributed by atoms with Crippen LogP contribution in [0.3, 0.4) is 0 Å². The lowest BCUT2D eigenvalue weighted by Gasteiger charge is -2.05. The van der Waals surface area contributed by atoms with Crippen molar-refractivity contribution in [3.8, 4) is 0 Å². The molecule has 0 aliphatic carbocycles. The first-order valence-corrected chi connectivity index (χ1v) is 8.35.